The van der Waals surface area contributed by atoms with Crippen molar-refractivity contribution >= 4 is 23.2 Å². The van der Waals surface area contributed by atoms with Crippen LogP contribution in [0.15, 0.2) is 18.2 Å². The van der Waals surface area contributed by atoms with Gasteiger partial charge in [-0.2, -0.15) is 0 Å². The predicted molar refractivity (Wildman–Crippen MR) is 76.5 cm³/mol. The van der Waals surface area contributed by atoms with Crippen LogP contribution in [0.1, 0.15) is 43.7 Å². The Labute approximate surface area is 119 Å². The molecule has 2 unspecified atom stereocenters. The van der Waals surface area contributed by atoms with Crippen LogP contribution in [0.25, 0.3) is 0 Å². The summed E-state index contributed by atoms with van der Waals surface area (Å²) in [4.78, 5) is 24.9. The molecule has 1 aromatic carbocycles. The van der Waals surface area contributed by atoms with E-state index in [1.165, 1.54) is 0 Å². The van der Waals surface area contributed by atoms with E-state index in [2.05, 4.69) is 0 Å². The molecule has 0 aromatic heterocycles. The van der Waals surface area contributed by atoms with Gasteiger partial charge in [0, 0.05) is 16.9 Å². The van der Waals surface area contributed by atoms with Crippen LogP contribution in [0.2, 0.25) is 5.02 Å². The molecular weight excluding hydrogens is 260 g/mol. The molecule has 0 N–H and O–H groups in total. The summed E-state index contributed by atoms with van der Waals surface area (Å²) in [5.41, 5.74) is 1.71. The first-order valence-electron chi connectivity index (χ1n) is 6.84. The lowest BCUT2D eigenvalue weighted by molar-refractivity contribution is -0.125. The first kappa shape index (κ1) is 14.3. The smallest absolute Gasteiger partial charge is 0.151 e. The second-order valence-electron chi connectivity index (χ2n) is 5.29. The largest absolute Gasteiger partial charge is 0.298 e. The topological polar surface area (TPSA) is 34.1 Å². The molecule has 0 saturated heterocycles. The van der Waals surface area contributed by atoms with Gasteiger partial charge in [-0.1, -0.05) is 37.6 Å². The van der Waals surface area contributed by atoms with Crippen LogP contribution in [0.4, 0.5) is 0 Å². The third-order valence-electron chi connectivity index (χ3n) is 4.13. The number of ketones is 2. The van der Waals surface area contributed by atoms with Crippen molar-refractivity contribution in [2.24, 2.45) is 11.8 Å². The highest BCUT2D eigenvalue weighted by Gasteiger charge is 2.48. The number of halogens is 1. The normalized spacial score (nSPS) is 27.1. The molecule has 0 radical (unpaired) electrons. The standard InChI is InChI=1S/C16H19ClO2/c1-4-10-11(5-2)16(19)14(15(10)18)12-7-6-9(3)8-13(12)17/h6-8,10-11,14H,4-5H2,1-3H3. The van der Waals surface area contributed by atoms with E-state index in [4.69, 9.17) is 11.6 Å². The molecule has 2 nitrogen and oxygen atoms in total. The minimum absolute atomic E-state index is 0.0464. The second-order valence-corrected chi connectivity index (χ2v) is 5.70. The first-order chi connectivity index (χ1) is 9.01. The molecule has 3 heteroatoms. The Kier molecular flexibility index (Phi) is 4.10. The molecule has 1 aliphatic rings. The maximum atomic E-state index is 12.5. The molecule has 19 heavy (non-hydrogen) atoms. The molecule has 2 atom stereocenters. The Hall–Kier alpha value is -1.15. The monoisotopic (exact) mass is 278 g/mol. The van der Waals surface area contributed by atoms with Crippen molar-refractivity contribution in [3.63, 3.8) is 0 Å². The minimum Gasteiger partial charge on any atom is -0.298 e. The van der Waals surface area contributed by atoms with Gasteiger partial charge in [-0.15, -0.1) is 0 Å². The van der Waals surface area contributed by atoms with Crippen LogP contribution >= 0.6 is 11.6 Å². The highest BCUT2D eigenvalue weighted by Crippen LogP contribution is 2.41. The highest BCUT2D eigenvalue weighted by atomic mass is 35.5. The van der Waals surface area contributed by atoms with E-state index >= 15 is 0 Å². The van der Waals surface area contributed by atoms with E-state index in [9.17, 15) is 9.59 Å². The molecule has 0 spiro atoms. The third kappa shape index (κ3) is 2.34. The van der Waals surface area contributed by atoms with Crippen LogP contribution in [0.3, 0.4) is 0 Å². The first-order valence-corrected chi connectivity index (χ1v) is 7.22. The zero-order chi connectivity index (χ0) is 14.2. The number of rotatable bonds is 3. The minimum atomic E-state index is -0.650. The van der Waals surface area contributed by atoms with Crippen LogP contribution in [-0.2, 0) is 9.59 Å². The maximum absolute atomic E-state index is 12.5. The molecule has 1 aliphatic carbocycles. The SMILES string of the molecule is CCC1C(=O)C(c2ccc(C)cc2Cl)C(=O)C1CC. The van der Waals surface area contributed by atoms with Crippen LogP contribution < -0.4 is 0 Å². The predicted octanol–water partition coefficient (Wildman–Crippen LogP) is 3.94. The molecule has 1 fully saturated rings. The number of aryl methyl sites for hydroxylation is 1. The molecule has 0 bridgehead atoms. The number of carbonyl (C=O) groups is 2. The highest BCUT2D eigenvalue weighted by molar-refractivity contribution is 6.32. The molecule has 102 valence electrons. The second kappa shape index (κ2) is 5.46. The molecular formula is C16H19ClO2. The third-order valence-corrected chi connectivity index (χ3v) is 4.46. The van der Waals surface area contributed by atoms with Gasteiger partial charge in [0.15, 0.2) is 11.6 Å². The molecule has 0 heterocycles. The summed E-state index contributed by atoms with van der Waals surface area (Å²) >= 11 is 6.22. The van der Waals surface area contributed by atoms with Crippen molar-refractivity contribution in [2.75, 3.05) is 0 Å². The van der Waals surface area contributed by atoms with Gasteiger partial charge < -0.3 is 0 Å². The lowest BCUT2D eigenvalue weighted by Gasteiger charge is -2.11. The van der Waals surface area contributed by atoms with Gasteiger partial charge in [-0.3, -0.25) is 9.59 Å². The zero-order valence-corrected chi connectivity index (χ0v) is 12.3. The number of hydrogen-bond donors (Lipinski definition) is 0. The van der Waals surface area contributed by atoms with Gasteiger partial charge >= 0.3 is 0 Å². The van der Waals surface area contributed by atoms with Gasteiger partial charge in [0.05, 0.1) is 0 Å². The number of benzene rings is 1. The molecule has 1 aromatic rings. The number of hydrogen-bond acceptors (Lipinski definition) is 2. The lowest BCUT2D eigenvalue weighted by Crippen LogP contribution is -2.15. The van der Waals surface area contributed by atoms with E-state index in [1.54, 1.807) is 0 Å². The van der Waals surface area contributed by atoms with Gasteiger partial charge in [0.2, 0.25) is 0 Å². The molecule has 2 rings (SSSR count). The Morgan fingerprint density at radius 1 is 1.05 bits per heavy atom. The van der Waals surface area contributed by atoms with Crippen LogP contribution in [0.5, 0.6) is 0 Å². The average molecular weight is 279 g/mol. The molecule has 0 aliphatic heterocycles. The quantitative estimate of drug-likeness (QED) is 0.785. The summed E-state index contributed by atoms with van der Waals surface area (Å²) in [6.07, 6.45) is 1.45. The van der Waals surface area contributed by atoms with Crippen molar-refractivity contribution in [1.82, 2.24) is 0 Å². The van der Waals surface area contributed by atoms with Crippen molar-refractivity contribution in [1.29, 1.82) is 0 Å². The fraction of sp³-hybridized carbons (Fsp3) is 0.500. The Morgan fingerprint density at radius 2 is 1.58 bits per heavy atom. The summed E-state index contributed by atoms with van der Waals surface area (Å²) in [6.45, 7) is 5.88. The van der Waals surface area contributed by atoms with Crippen molar-refractivity contribution in [3.8, 4) is 0 Å². The van der Waals surface area contributed by atoms with Crippen LogP contribution in [0, 0.1) is 18.8 Å². The summed E-state index contributed by atoms with van der Waals surface area (Å²) in [5.74, 6) is -0.835. The van der Waals surface area contributed by atoms with E-state index < -0.39 is 5.92 Å². The van der Waals surface area contributed by atoms with E-state index in [0.29, 0.717) is 10.6 Å². The Morgan fingerprint density at radius 3 is 2.00 bits per heavy atom. The average Bonchev–Trinajstić information content (AvgIpc) is 2.61. The summed E-state index contributed by atoms with van der Waals surface area (Å²) in [5, 5.41) is 0.526. The molecule has 0 amide bonds. The fourth-order valence-electron chi connectivity index (χ4n) is 3.11. The van der Waals surface area contributed by atoms with Crippen molar-refractivity contribution in [3.05, 3.63) is 34.3 Å². The van der Waals surface area contributed by atoms with Gasteiger partial charge in [0.25, 0.3) is 0 Å². The van der Waals surface area contributed by atoms with Crippen molar-refractivity contribution in [2.45, 2.75) is 39.5 Å². The van der Waals surface area contributed by atoms with Crippen LogP contribution in [-0.4, -0.2) is 11.6 Å². The summed E-state index contributed by atoms with van der Waals surface area (Å²) < 4.78 is 0. The van der Waals surface area contributed by atoms with E-state index in [1.807, 2.05) is 39.0 Å². The van der Waals surface area contributed by atoms with Crippen molar-refractivity contribution < 1.29 is 9.59 Å². The van der Waals surface area contributed by atoms with Gasteiger partial charge in [0.1, 0.15) is 5.92 Å². The van der Waals surface area contributed by atoms with E-state index in [-0.39, 0.29) is 23.4 Å². The van der Waals surface area contributed by atoms with Gasteiger partial charge in [-0.25, -0.2) is 0 Å². The number of Topliss-reactive ketones (excluding diaryl/α,β-unsaturated/α-hetero) is 2. The zero-order valence-electron chi connectivity index (χ0n) is 11.6. The lowest BCUT2D eigenvalue weighted by atomic mass is 9.91. The van der Waals surface area contributed by atoms with Gasteiger partial charge in [-0.05, 0) is 37.0 Å². The summed E-state index contributed by atoms with van der Waals surface area (Å²) in [6, 6.07) is 5.54. The summed E-state index contributed by atoms with van der Waals surface area (Å²) in [7, 11) is 0. The maximum Gasteiger partial charge on any atom is 0.151 e. The Balaban J connectivity index is 2.45. The molecule has 1 saturated carbocycles. The Bertz CT molecular complexity index is 499. The number of carbonyl (C=O) groups excluding carboxylic acids is 2. The van der Waals surface area contributed by atoms with E-state index in [0.717, 1.165) is 18.4 Å². The fourth-order valence-corrected chi connectivity index (χ4v) is 3.45.